The summed E-state index contributed by atoms with van der Waals surface area (Å²) in [5, 5.41) is 10.4. The van der Waals surface area contributed by atoms with Gasteiger partial charge in [0.25, 0.3) is 0 Å². The van der Waals surface area contributed by atoms with Gasteiger partial charge in [-0.3, -0.25) is 5.10 Å². The second kappa shape index (κ2) is 5.45. The molecule has 0 amide bonds. The van der Waals surface area contributed by atoms with E-state index in [1.54, 1.807) is 7.11 Å². The van der Waals surface area contributed by atoms with Crippen molar-refractivity contribution < 1.29 is 4.74 Å². The lowest BCUT2D eigenvalue weighted by Crippen LogP contribution is -2.07. The maximum Gasteiger partial charge on any atom is 0.124 e. The molecule has 0 saturated carbocycles. The van der Waals surface area contributed by atoms with Crippen LogP contribution >= 0.6 is 0 Å². The van der Waals surface area contributed by atoms with E-state index in [0.29, 0.717) is 0 Å². The van der Waals surface area contributed by atoms with Crippen molar-refractivity contribution in [3.8, 4) is 16.9 Å². The predicted octanol–water partition coefficient (Wildman–Crippen LogP) is 2.73. The molecular weight excluding hydrogens is 238 g/mol. The molecule has 2 rings (SSSR count). The van der Waals surface area contributed by atoms with Crippen molar-refractivity contribution in [1.82, 2.24) is 15.5 Å². The summed E-state index contributed by atoms with van der Waals surface area (Å²) in [7, 11) is 3.65. The third-order valence-electron chi connectivity index (χ3n) is 3.59. The lowest BCUT2D eigenvalue weighted by atomic mass is 9.94. The van der Waals surface area contributed by atoms with E-state index in [4.69, 9.17) is 4.74 Å². The van der Waals surface area contributed by atoms with Crippen molar-refractivity contribution in [3.63, 3.8) is 0 Å². The highest BCUT2D eigenvalue weighted by molar-refractivity contribution is 5.73. The molecule has 1 aromatic heterocycles. The molecule has 19 heavy (non-hydrogen) atoms. The molecule has 2 N–H and O–H groups in total. The number of methoxy groups -OCH3 is 1. The van der Waals surface area contributed by atoms with E-state index in [2.05, 4.69) is 42.4 Å². The molecule has 0 radical (unpaired) electrons. The third-order valence-corrected chi connectivity index (χ3v) is 3.59. The van der Waals surface area contributed by atoms with Crippen molar-refractivity contribution >= 4 is 0 Å². The molecule has 4 heteroatoms. The van der Waals surface area contributed by atoms with Gasteiger partial charge >= 0.3 is 0 Å². The first kappa shape index (κ1) is 13.6. The zero-order valence-electron chi connectivity index (χ0n) is 12.2. The Balaban J connectivity index is 2.60. The van der Waals surface area contributed by atoms with Gasteiger partial charge in [-0.05, 0) is 56.1 Å². The average molecular weight is 259 g/mol. The summed E-state index contributed by atoms with van der Waals surface area (Å²) >= 11 is 0. The van der Waals surface area contributed by atoms with Gasteiger partial charge in [-0.15, -0.1) is 0 Å². The van der Waals surface area contributed by atoms with E-state index >= 15 is 0 Å². The number of aryl methyl sites for hydroxylation is 1. The number of hydrogen-bond acceptors (Lipinski definition) is 3. The maximum absolute atomic E-state index is 5.47. The standard InChI is InChI=1S/C15H21N3O/c1-9-6-12(10(2)11(3)15(9)19-5)13-7-17-18-14(13)8-16-4/h6-7,16H,8H2,1-5H3,(H,17,18). The van der Waals surface area contributed by atoms with E-state index in [1.807, 2.05) is 13.2 Å². The smallest absolute Gasteiger partial charge is 0.124 e. The molecule has 0 fully saturated rings. The van der Waals surface area contributed by atoms with Crippen LogP contribution in [0.2, 0.25) is 0 Å². The van der Waals surface area contributed by atoms with E-state index in [0.717, 1.165) is 29.1 Å². The Kier molecular flexibility index (Phi) is 3.90. The van der Waals surface area contributed by atoms with Crippen LogP contribution in [0.3, 0.4) is 0 Å². The van der Waals surface area contributed by atoms with Crippen LogP contribution in [0.4, 0.5) is 0 Å². The molecule has 0 unspecified atom stereocenters. The van der Waals surface area contributed by atoms with Crippen molar-refractivity contribution in [2.45, 2.75) is 27.3 Å². The number of aromatic amines is 1. The molecule has 0 saturated heterocycles. The zero-order chi connectivity index (χ0) is 14.0. The second-order valence-corrected chi connectivity index (χ2v) is 4.82. The van der Waals surface area contributed by atoms with Crippen LogP contribution in [0.15, 0.2) is 12.3 Å². The predicted molar refractivity (Wildman–Crippen MR) is 77.6 cm³/mol. The first-order chi connectivity index (χ1) is 9.10. The van der Waals surface area contributed by atoms with Crippen LogP contribution in [0.1, 0.15) is 22.4 Å². The summed E-state index contributed by atoms with van der Waals surface area (Å²) in [6.07, 6.45) is 1.89. The van der Waals surface area contributed by atoms with E-state index in [9.17, 15) is 0 Å². The fourth-order valence-electron chi connectivity index (χ4n) is 2.51. The van der Waals surface area contributed by atoms with Gasteiger partial charge in [0, 0.05) is 12.1 Å². The monoisotopic (exact) mass is 259 g/mol. The lowest BCUT2D eigenvalue weighted by molar-refractivity contribution is 0.408. The van der Waals surface area contributed by atoms with Gasteiger partial charge in [0.15, 0.2) is 0 Å². The average Bonchev–Trinajstić information content (AvgIpc) is 2.83. The summed E-state index contributed by atoms with van der Waals surface area (Å²) in [4.78, 5) is 0. The Labute approximate surface area is 114 Å². The van der Waals surface area contributed by atoms with Gasteiger partial charge in [0.2, 0.25) is 0 Å². The van der Waals surface area contributed by atoms with Gasteiger partial charge in [0.1, 0.15) is 5.75 Å². The Morgan fingerprint density at radius 2 is 1.95 bits per heavy atom. The Morgan fingerprint density at radius 3 is 2.58 bits per heavy atom. The highest BCUT2D eigenvalue weighted by atomic mass is 16.5. The summed E-state index contributed by atoms with van der Waals surface area (Å²) in [5.41, 5.74) is 7.05. The molecule has 102 valence electrons. The summed E-state index contributed by atoms with van der Waals surface area (Å²) < 4.78 is 5.47. The SMILES string of the molecule is CNCc1[nH]ncc1-c1cc(C)c(OC)c(C)c1C. The number of rotatable bonds is 4. The largest absolute Gasteiger partial charge is 0.496 e. The molecule has 0 bridgehead atoms. The normalized spacial score (nSPS) is 10.8. The number of nitrogens with one attached hydrogen (secondary N) is 2. The third kappa shape index (κ3) is 2.36. The van der Waals surface area contributed by atoms with Gasteiger partial charge in [-0.25, -0.2) is 0 Å². The van der Waals surface area contributed by atoms with E-state index in [1.165, 1.54) is 16.7 Å². The molecule has 2 aromatic rings. The summed E-state index contributed by atoms with van der Waals surface area (Å²) in [6, 6.07) is 2.17. The minimum absolute atomic E-state index is 0.777. The molecule has 1 aromatic carbocycles. The Hall–Kier alpha value is -1.81. The van der Waals surface area contributed by atoms with Crippen molar-refractivity contribution in [2.75, 3.05) is 14.2 Å². The number of benzene rings is 1. The van der Waals surface area contributed by atoms with Crippen molar-refractivity contribution in [3.05, 3.63) is 34.6 Å². The molecule has 0 aliphatic carbocycles. The Bertz CT molecular complexity index is 587. The Morgan fingerprint density at radius 1 is 1.21 bits per heavy atom. The molecule has 0 atom stereocenters. The number of ether oxygens (including phenoxy) is 1. The first-order valence-electron chi connectivity index (χ1n) is 6.42. The second-order valence-electron chi connectivity index (χ2n) is 4.82. The fraction of sp³-hybridized carbons (Fsp3) is 0.400. The van der Waals surface area contributed by atoms with Crippen LogP contribution in [0, 0.1) is 20.8 Å². The lowest BCUT2D eigenvalue weighted by Gasteiger charge is -2.15. The van der Waals surface area contributed by atoms with Crippen LogP contribution in [0.25, 0.3) is 11.1 Å². The molecule has 0 spiro atoms. The summed E-state index contributed by atoms with van der Waals surface area (Å²) in [5.74, 6) is 0.972. The van der Waals surface area contributed by atoms with Crippen molar-refractivity contribution in [1.29, 1.82) is 0 Å². The quantitative estimate of drug-likeness (QED) is 0.887. The maximum atomic E-state index is 5.47. The minimum atomic E-state index is 0.777. The van der Waals surface area contributed by atoms with Gasteiger partial charge < -0.3 is 10.1 Å². The molecule has 0 aliphatic rings. The van der Waals surface area contributed by atoms with E-state index < -0.39 is 0 Å². The van der Waals surface area contributed by atoms with Crippen LogP contribution in [-0.2, 0) is 6.54 Å². The molecule has 4 nitrogen and oxygen atoms in total. The summed E-state index contributed by atoms with van der Waals surface area (Å²) in [6.45, 7) is 7.08. The highest BCUT2D eigenvalue weighted by Crippen LogP contribution is 2.35. The fourth-order valence-corrected chi connectivity index (χ4v) is 2.51. The van der Waals surface area contributed by atoms with Crippen LogP contribution in [-0.4, -0.2) is 24.4 Å². The van der Waals surface area contributed by atoms with Crippen LogP contribution in [0.5, 0.6) is 5.75 Å². The van der Waals surface area contributed by atoms with Gasteiger partial charge in [0.05, 0.1) is 19.0 Å². The minimum Gasteiger partial charge on any atom is -0.496 e. The molecule has 1 heterocycles. The number of aromatic nitrogens is 2. The number of nitrogens with zero attached hydrogens (tertiary/aromatic N) is 1. The molecular formula is C15H21N3O. The highest BCUT2D eigenvalue weighted by Gasteiger charge is 2.15. The van der Waals surface area contributed by atoms with Crippen LogP contribution < -0.4 is 10.1 Å². The zero-order valence-corrected chi connectivity index (χ0v) is 12.2. The topological polar surface area (TPSA) is 49.9 Å². The van der Waals surface area contributed by atoms with Gasteiger partial charge in [-0.2, -0.15) is 5.10 Å². The van der Waals surface area contributed by atoms with Crippen molar-refractivity contribution in [2.24, 2.45) is 0 Å². The number of H-pyrrole nitrogens is 1. The number of hydrogen-bond donors (Lipinski definition) is 2. The first-order valence-corrected chi connectivity index (χ1v) is 6.42. The molecule has 0 aliphatic heterocycles. The van der Waals surface area contributed by atoms with E-state index in [-0.39, 0.29) is 0 Å². The van der Waals surface area contributed by atoms with Gasteiger partial charge in [-0.1, -0.05) is 0 Å².